The molecule has 0 heterocycles. The van der Waals surface area contributed by atoms with E-state index in [9.17, 15) is 4.79 Å². The smallest absolute Gasteiger partial charge is 0.409 e. The molecule has 0 saturated carbocycles. The molecule has 0 atom stereocenters. The molecule has 0 rings (SSSR count). The zero-order valence-electron chi connectivity index (χ0n) is 8.08. The minimum atomic E-state index is -0.304. The number of nitrogens with two attached hydrogens (primary N) is 1. The maximum atomic E-state index is 11.2. The Hall–Kier alpha value is -0.840. The van der Waals surface area contributed by atoms with Crippen molar-refractivity contribution >= 4 is 23.3 Å². The molecule has 0 aliphatic heterocycles. The van der Waals surface area contributed by atoms with Crippen molar-refractivity contribution in [3.05, 3.63) is 0 Å². The van der Waals surface area contributed by atoms with Crippen molar-refractivity contribution in [1.29, 1.82) is 0 Å². The van der Waals surface area contributed by atoms with Crippen molar-refractivity contribution in [2.75, 3.05) is 19.7 Å². The van der Waals surface area contributed by atoms with Crippen LogP contribution in [-0.4, -0.2) is 35.7 Å². The molecule has 4 nitrogen and oxygen atoms in total. The van der Waals surface area contributed by atoms with E-state index in [0.717, 1.165) is 0 Å². The Bertz CT molecular complexity index is 185. The quantitative estimate of drug-likeness (QED) is 0.682. The van der Waals surface area contributed by atoms with Gasteiger partial charge in [-0.15, -0.1) is 0 Å². The van der Waals surface area contributed by atoms with E-state index in [1.54, 1.807) is 11.8 Å². The number of thiocarbonyl (C=S) groups is 1. The predicted octanol–water partition coefficient (Wildman–Crippen LogP) is 1.14. The molecule has 1 amide bonds. The van der Waals surface area contributed by atoms with E-state index in [-0.39, 0.29) is 6.09 Å². The largest absolute Gasteiger partial charge is 0.450 e. The molecule has 5 heteroatoms. The molecule has 0 aromatic carbocycles. The van der Waals surface area contributed by atoms with Gasteiger partial charge in [-0.3, -0.25) is 0 Å². The highest BCUT2D eigenvalue weighted by Gasteiger charge is 2.11. The summed E-state index contributed by atoms with van der Waals surface area (Å²) < 4.78 is 4.83. The standard InChI is InChI=1S/C8H16N2O2S/c1-3-10(6-5-7(9)13)8(11)12-4-2/h3-6H2,1-2H3,(H2,9,13). The average Bonchev–Trinajstić information content (AvgIpc) is 2.05. The van der Waals surface area contributed by atoms with E-state index >= 15 is 0 Å². The van der Waals surface area contributed by atoms with Gasteiger partial charge in [-0.2, -0.15) is 0 Å². The van der Waals surface area contributed by atoms with Gasteiger partial charge in [0.05, 0.1) is 11.6 Å². The second kappa shape index (κ2) is 6.65. The van der Waals surface area contributed by atoms with E-state index in [4.69, 9.17) is 22.7 Å². The zero-order valence-corrected chi connectivity index (χ0v) is 8.89. The van der Waals surface area contributed by atoms with Crippen molar-refractivity contribution < 1.29 is 9.53 Å². The Morgan fingerprint density at radius 2 is 2.15 bits per heavy atom. The molecule has 2 N–H and O–H groups in total. The van der Waals surface area contributed by atoms with E-state index < -0.39 is 0 Å². The summed E-state index contributed by atoms with van der Waals surface area (Å²) in [5.41, 5.74) is 5.32. The average molecular weight is 204 g/mol. The molecule has 0 saturated heterocycles. The summed E-state index contributed by atoms with van der Waals surface area (Å²) in [5, 5.41) is 0. The third-order valence-electron chi connectivity index (χ3n) is 1.54. The molecule has 0 fully saturated rings. The molecule has 0 aromatic rings. The fourth-order valence-corrected chi connectivity index (χ4v) is 0.930. The molecule has 76 valence electrons. The lowest BCUT2D eigenvalue weighted by molar-refractivity contribution is 0.110. The summed E-state index contributed by atoms with van der Waals surface area (Å²) in [5.74, 6) is 0. The maximum Gasteiger partial charge on any atom is 0.409 e. The molecule has 0 bridgehead atoms. The first-order valence-corrected chi connectivity index (χ1v) is 4.72. The van der Waals surface area contributed by atoms with Gasteiger partial charge in [0.25, 0.3) is 0 Å². The number of rotatable bonds is 5. The highest BCUT2D eigenvalue weighted by Crippen LogP contribution is 1.96. The number of hydrogen-bond acceptors (Lipinski definition) is 3. The van der Waals surface area contributed by atoms with Crippen molar-refractivity contribution in [3.63, 3.8) is 0 Å². The van der Waals surface area contributed by atoms with E-state index in [0.29, 0.717) is 31.1 Å². The molecule has 0 spiro atoms. The number of carbonyl (C=O) groups is 1. The zero-order chi connectivity index (χ0) is 10.3. The topological polar surface area (TPSA) is 55.6 Å². The lowest BCUT2D eigenvalue weighted by atomic mass is 10.4. The summed E-state index contributed by atoms with van der Waals surface area (Å²) in [7, 11) is 0. The first-order valence-electron chi connectivity index (χ1n) is 4.31. The molecule has 0 unspecified atom stereocenters. The summed E-state index contributed by atoms with van der Waals surface area (Å²) >= 11 is 4.71. The van der Waals surface area contributed by atoms with Gasteiger partial charge in [-0.1, -0.05) is 12.2 Å². The molecular weight excluding hydrogens is 188 g/mol. The van der Waals surface area contributed by atoms with Gasteiger partial charge < -0.3 is 15.4 Å². The fourth-order valence-electron chi connectivity index (χ4n) is 0.838. The van der Waals surface area contributed by atoms with Crippen LogP contribution in [0.15, 0.2) is 0 Å². The van der Waals surface area contributed by atoms with Gasteiger partial charge in [0.15, 0.2) is 0 Å². The van der Waals surface area contributed by atoms with Crippen molar-refractivity contribution in [2.45, 2.75) is 20.3 Å². The normalized spacial score (nSPS) is 9.38. The maximum absolute atomic E-state index is 11.2. The molecule has 0 aliphatic rings. The Labute approximate surface area is 84.0 Å². The van der Waals surface area contributed by atoms with E-state index in [2.05, 4.69) is 0 Å². The Balaban J connectivity index is 3.87. The van der Waals surface area contributed by atoms with Crippen LogP contribution in [0.1, 0.15) is 20.3 Å². The van der Waals surface area contributed by atoms with Crippen LogP contribution >= 0.6 is 12.2 Å². The molecular formula is C8H16N2O2S. The monoisotopic (exact) mass is 204 g/mol. The highest BCUT2D eigenvalue weighted by molar-refractivity contribution is 7.80. The van der Waals surface area contributed by atoms with Crippen LogP contribution in [0.5, 0.6) is 0 Å². The van der Waals surface area contributed by atoms with Gasteiger partial charge >= 0.3 is 6.09 Å². The Kier molecular flexibility index (Phi) is 6.22. The summed E-state index contributed by atoms with van der Waals surface area (Å²) in [6, 6.07) is 0. The van der Waals surface area contributed by atoms with Crippen LogP contribution in [-0.2, 0) is 4.74 Å². The Morgan fingerprint density at radius 3 is 2.54 bits per heavy atom. The first-order chi connectivity index (χ1) is 6.11. The van der Waals surface area contributed by atoms with E-state index in [1.807, 2.05) is 6.92 Å². The van der Waals surface area contributed by atoms with Crippen molar-refractivity contribution in [3.8, 4) is 0 Å². The third-order valence-corrected chi connectivity index (χ3v) is 1.74. The van der Waals surface area contributed by atoms with Crippen LogP contribution in [0, 0.1) is 0 Å². The van der Waals surface area contributed by atoms with E-state index in [1.165, 1.54) is 0 Å². The van der Waals surface area contributed by atoms with Crippen LogP contribution in [0.3, 0.4) is 0 Å². The summed E-state index contributed by atoms with van der Waals surface area (Å²) in [4.78, 5) is 13.2. The van der Waals surface area contributed by atoms with Crippen molar-refractivity contribution in [1.82, 2.24) is 4.90 Å². The number of ether oxygens (including phenoxy) is 1. The SMILES string of the molecule is CCOC(=O)N(CC)CCC(N)=S. The second-order valence-corrected chi connectivity index (χ2v) is 3.02. The third kappa shape index (κ3) is 5.41. The van der Waals surface area contributed by atoms with Crippen LogP contribution < -0.4 is 5.73 Å². The number of hydrogen-bond donors (Lipinski definition) is 1. The molecule has 0 aromatic heterocycles. The molecule has 0 radical (unpaired) electrons. The van der Waals surface area contributed by atoms with Crippen LogP contribution in [0.4, 0.5) is 4.79 Å². The minimum Gasteiger partial charge on any atom is -0.450 e. The van der Waals surface area contributed by atoms with Gasteiger partial charge in [0, 0.05) is 19.5 Å². The van der Waals surface area contributed by atoms with Crippen molar-refractivity contribution in [2.24, 2.45) is 5.73 Å². The first kappa shape index (κ1) is 12.2. The van der Waals surface area contributed by atoms with Crippen LogP contribution in [0.25, 0.3) is 0 Å². The fraction of sp³-hybridized carbons (Fsp3) is 0.750. The van der Waals surface area contributed by atoms with Gasteiger partial charge in [-0.05, 0) is 13.8 Å². The lowest BCUT2D eigenvalue weighted by Crippen LogP contribution is -2.34. The van der Waals surface area contributed by atoms with Gasteiger partial charge in [-0.25, -0.2) is 4.79 Å². The summed E-state index contributed by atoms with van der Waals surface area (Å²) in [6.45, 7) is 5.20. The minimum absolute atomic E-state index is 0.304. The Morgan fingerprint density at radius 1 is 1.54 bits per heavy atom. The second-order valence-electron chi connectivity index (χ2n) is 2.49. The molecule has 0 aliphatic carbocycles. The predicted molar refractivity (Wildman–Crippen MR) is 55.7 cm³/mol. The lowest BCUT2D eigenvalue weighted by Gasteiger charge is -2.19. The highest BCUT2D eigenvalue weighted by atomic mass is 32.1. The number of nitrogens with zero attached hydrogens (tertiary/aromatic N) is 1. The van der Waals surface area contributed by atoms with Gasteiger partial charge in [0.2, 0.25) is 0 Å². The number of amides is 1. The summed E-state index contributed by atoms with van der Waals surface area (Å²) in [6.07, 6.45) is 0.239. The number of carbonyl (C=O) groups excluding carboxylic acids is 1. The van der Waals surface area contributed by atoms with Gasteiger partial charge in [0.1, 0.15) is 0 Å². The van der Waals surface area contributed by atoms with Crippen LogP contribution in [0.2, 0.25) is 0 Å². The molecule has 13 heavy (non-hydrogen) atoms.